The zero-order chi connectivity index (χ0) is 13.8. The molecule has 5 nitrogen and oxygen atoms in total. The molecule has 19 heavy (non-hydrogen) atoms. The number of carbonyl (C=O) groups excluding carboxylic acids is 1. The molecule has 1 amide bonds. The van der Waals surface area contributed by atoms with Gasteiger partial charge < -0.3 is 10.1 Å². The molecule has 0 spiro atoms. The van der Waals surface area contributed by atoms with E-state index in [-0.39, 0.29) is 11.8 Å². The molecule has 0 aliphatic carbocycles. The highest BCUT2D eigenvalue weighted by molar-refractivity contribution is 7.07. The number of benzene rings is 1. The first kappa shape index (κ1) is 13.5. The van der Waals surface area contributed by atoms with Gasteiger partial charge in [0.05, 0.1) is 0 Å². The third kappa shape index (κ3) is 3.75. The largest absolute Gasteiger partial charge is 0.430 e. The Morgan fingerprint density at radius 2 is 2.00 bits per heavy atom. The molecular weight excluding hydrogens is 262 g/mol. The van der Waals surface area contributed by atoms with E-state index in [2.05, 4.69) is 14.7 Å². The van der Waals surface area contributed by atoms with Crippen LogP contribution < -0.4 is 10.1 Å². The molecule has 0 saturated carbocycles. The second-order valence-corrected chi connectivity index (χ2v) is 5.09. The molecule has 100 valence electrons. The Hall–Kier alpha value is -1.95. The Kier molecular flexibility index (Phi) is 4.11. The lowest BCUT2D eigenvalue weighted by Gasteiger charge is -2.08. The van der Waals surface area contributed by atoms with Gasteiger partial charge in [0.2, 0.25) is 5.91 Å². The number of aromatic nitrogens is 2. The summed E-state index contributed by atoms with van der Waals surface area (Å²) in [6.45, 7) is 5.52. The van der Waals surface area contributed by atoms with E-state index in [4.69, 9.17) is 4.74 Å². The summed E-state index contributed by atoms with van der Waals surface area (Å²) in [5.74, 6) is 1.31. The molecule has 0 bridgehead atoms. The van der Waals surface area contributed by atoms with Gasteiger partial charge in [0, 0.05) is 23.1 Å². The van der Waals surface area contributed by atoms with E-state index in [1.165, 1.54) is 11.5 Å². The number of rotatable bonds is 4. The van der Waals surface area contributed by atoms with Gasteiger partial charge in [0.1, 0.15) is 11.6 Å². The first-order chi connectivity index (χ1) is 9.04. The van der Waals surface area contributed by atoms with Crippen molar-refractivity contribution in [2.24, 2.45) is 5.92 Å². The zero-order valence-corrected chi connectivity index (χ0v) is 11.8. The van der Waals surface area contributed by atoms with Crippen molar-refractivity contribution in [2.75, 3.05) is 5.32 Å². The van der Waals surface area contributed by atoms with E-state index in [9.17, 15) is 4.79 Å². The van der Waals surface area contributed by atoms with E-state index in [0.29, 0.717) is 16.8 Å². The van der Waals surface area contributed by atoms with Gasteiger partial charge in [-0.1, -0.05) is 13.8 Å². The van der Waals surface area contributed by atoms with Crippen molar-refractivity contribution in [1.29, 1.82) is 0 Å². The van der Waals surface area contributed by atoms with Gasteiger partial charge in [-0.25, -0.2) is 0 Å². The Bertz CT molecular complexity index is 564. The lowest BCUT2D eigenvalue weighted by molar-refractivity contribution is -0.118. The van der Waals surface area contributed by atoms with Crippen LogP contribution in [0.5, 0.6) is 10.9 Å². The minimum absolute atomic E-state index is 0.00610. The SMILES string of the molecule is Cc1nsc(Oc2ccc(NC(=O)C(C)C)cc2)n1. The summed E-state index contributed by atoms with van der Waals surface area (Å²) in [6, 6.07) is 7.16. The number of anilines is 1. The Labute approximate surface area is 115 Å². The average molecular weight is 277 g/mol. The minimum atomic E-state index is -0.0414. The molecule has 0 unspecified atom stereocenters. The predicted molar refractivity (Wildman–Crippen MR) is 74.6 cm³/mol. The quantitative estimate of drug-likeness (QED) is 0.931. The highest BCUT2D eigenvalue weighted by Crippen LogP contribution is 2.24. The van der Waals surface area contributed by atoms with Crippen LogP contribution in [0.3, 0.4) is 0 Å². The monoisotopic (exact) mass is 277 g/mol. The van der Waals surface area contributed by atoms with E-state index in [1.807, 2.05) is 20.8 Å². The van der Waals surface area contributed by atoms with Gasteiger partial charge in [-0.05, 0) is 31.2 Å². The summed E-state index contributed by atoms with van der Waals surface area (Å²) in [7, 11) is 0. The van der Waals surface area contributed by atoms with Crippen LogP contribution in [0.1, 0.15) is 19.7 Å². The molecule has 2 aromatic rings. The third-order valence-corrected chi connectivity index (χ3v) is 3.05. The molecule has 0 aliphatic rings. The van der Waals surface area contributed by atoms with Crippen LogP contribution >= 0.6 is 11.5 Å². The maximum Gasteiger partial charge on any atom is 0.298 e. The van der Waals surface area contributed by atoms with Crippen molar-refractivity contribution in [3.8, 4) is 10.9 Å². The summed E-state index contributed by atoms with van der Waals surface area (Å²) in [6.07, 6.45) is 0. The van der Waals surface area contributed by atoms with Gasteiger partial charge in [-0.3, -0.25) is 4.79 Å². The summed E-state index contributed by atoms with van der Waals surface area (Å²) in [4.78, 5) is 15.6. The molecule has 1 heterocycles. The summed E-state index contributed by atoms with van der Waals surface area (Å²) < 4.78 is 9.58. The maximum absolute atomic E-state index is 11.5. The number of amides is 1. The second kappa shape index (κ2) is 5.79. The van der Waals surface area contributed by atoms with Crippen molar-refractivity contribution >= 4 is 23.1 Å². The normalized spacial score (nSPS) is 10.5. The van der Waals surface area contributed by atoms with Crippen LogP contribution in [0.15, 0.2) is 24.3 Å². The summed E-state index contributed by atoms with van der Waals surface area (Å²) >= 11 is 1.21. The number of hydrogen-bond donors (Lipinski definition) is 1. The molecule has 1 aromatic heterocycles. The number of aryl methyl sites for hydroxylation is 1. The van der Waals surface area contributed by atoms with Crippen molar-refractivity contribution in [3.63, 3.8) is 0 Å². The maximum atomic E-state index is 11.5. The van der Waals surface area contributed by atoms with Gasteiger partial charge in [-0.15, -0.1) is 0 Å². The van der Waals surface area contributed by atoms with Gasteiger partial charge in [0.15, 0.2) is 0 Å². The molecule has 0 aliphatic heterocycles. The molecule has 0 fully saturated rings. The Morgan fingerprint density at radius 3 is 2.53 bits per heavy atom. The zero-order valence-electron chi connectivity index (χ0n) is 11.0. The highest BCUT2D eigenvalue weighted by atomic mass is 32.1. The van der Waals surface area contributed by atoms with Gasteiger partial charge >= 0.3 is 0 Å². The van der Waals surface area contributed by atoms with E-state index >= 15 is 0 Å². The first-order valence-corrected chi connectivity index (χ1v) is 6.71. The Morgan fingerprint density at radius 1 is 1.32 bits per heavy atom. The number of carbonyl (C=O) groups is 1. The van der Waals surface area contributed by atoms with Crippen molar-refractivity contribution in [2.45, 2.75) is 20.8 Å². The van der Waals surface area contributed by atoms with Crippen molar-refractivity contribution in [3.05, 3.63) is 30.1 Å². The molecule has 0 radical (unpaired) electrons. The fourth-order valence-electron chi connectivity index (χ4n) is 1.31. The molecule has 1 aromatic carbocycles. The third-order valence-electron chi connectivity index (χ3n) is 2.36. The standard InChI is InChI=1S/C13H15N3O2S/c1-8(2)12(17)15-10-4-6-11(7-5-10)18-13-14-9(3)16-19-13/h4-8H,1-3H3,(H,15,17). The lowest BCUT2D eigenvalue weighted by Crippen LogP contribution is -2.17. The molecule has 0 saturated heterocycles. The van der Waals surface area contributed by atoms with Crippen molar-refractivity contribution in [1.82, 2.24) is 9.36 Å². The lowest BCUT2D eigenvalue weighted by atomic mass is 10.2. The average Bonchev–Trinajstić information content (AvgIpc) is 2.77. The van der Waals surface area contributed by atoms with E-state index < -0.39 is 0 Å². The van der Waals surface area contributed by atoms with Crippen LogP contribution in [0.25, 0.3) is 0 Å². The van der Waals surface area contributed by atoms with E-state index in [1.54, 1.807) is 24.3 Å². The van der Waals surface area contributed by atoms with Crippen molar-refractivity contribution < 1.29 is 9.53 Å². The Balaban J connectivity index is 2.00. The van der Waals surface area contributed by atoms with Crippen LogP contribution in [0.2, 0.25) is 0 Å². The predicted octanol–water partition coefficient (Wildman–Crippen LogP) is 3.23. The highest BCUT2D eigenvalue weighted by Gasteiger charge is 2.07. The number of nitrogens with one attached hydrogen (secondary N) is 1. The first-order valence-electron chi connectivity index (χ1n) is 5.93. The van der Waals surface area contributed by atoms with E-state index in [0.717, 1.165) is 5.69 Å². The second-order valence-electron chi connectivity index (χ2n) is 4.38. The van der Waals surface area contributed by atoms with Crippen LogP contribution in [0.4, 0.5) is 5.69 Å². The molecule has 0 atom stereocenters. The van der Waals surface area contributed by atoms with Crippen LogP contribution in [-0.2, 0) is 4.79 Å². The minimum Gasteiger partial charge on any atom is -0.430 e. The van der Waals surface area contributed by atoms with Crippen LogP contribution in [-0.4, -0.2) is 15.3 Å². The summed E-state index contributed by atoms with van der Waals surface area (Å²) in [5.41, 5.74) is 0.750. The van der Waals surface area contributed by atoms with Crippen LogP contribution in [0, 0.1) is 12.8 Å². The number of ether oxygens (including phenoxy) is 1. The van der Waals surface area contributed by atoms with Gasteiger partial charge in [-0.2, -0.15) is 9.36 Å². The smallest absolute Gasteiger partial charge is 0.298 e. The number of hydrogen-bond acceptors (Lipinski definition) is 5. The summed E-state index contributed by atoms with van der Waals surface area (Å²) in [5, 5.41) is 3.33. The van der Waals surface area contributed by atoms with Gasteiger partial charge in [0.25, 0.3) is 5.19 Å². The topological polar surface area (TPSA) is 64.1 Å². The number of nitrogens with zero attached hydrogens (tertiary/aromatic N) is 2. The molecular formula is C13H15N3O2S. The fourth-order valence-corrected chi connectivity index (χ4v) is 1.87. The molecule has 2 rings (SSSR count). The molecule has 6 heteroatoms. The molecule has 1 N–H and O–H groups in total. The fraction of sp³-hybridized carbons (Fsp3) is 0.308.